The highest BCUT2D eigenvalue weighted by atomic mass is 16.5. The minimum absolute atomic E-state index is 0.394. The van der Waals surface area contributed by atoms with E-state index in [0.717, 1.165) is 28.2 Å². The zero-order chi connectivity index (χ0) is 15.5. The van der Waals surface area contributed by atoms with Crippen LogP contribution in [0, 0.1) is 0 Å². The number of imidazole rings is 1. The Morgan fingerprint density at radius 1 is 1.18 bits per heavy atom. The molecule has 3 rings (SSSR count). The fourth-order valence-corrected chi connectivity index (χ4v) is 2.44. The summed E-state index contributed by atoms with van der Waals surface area (Å²) in [6.07, 6.45) is 0. The van der Waals surface area contributed by atoms with Crippen molar-refractivity contribution < 1.29 is 4.74 Å². The number of rotatable bonds is 5. The number of allylic oxidation sites excluding steroid dienone is 1. The number of aromatic nitrogens is 2. The molecule has 0 radical (unpaired) electrons. The number of hydrogen-bond donors (Lipinski definition) is 1. The van der Waals surface area contributed by atoms with Crippen molar-refractivity contribution in [3.63, 3.8) is 0 Å². The lowest BCUT2D eigenvalue weighted by atomic mass is 10.2. The number of nitrogens with two attached hydrogens (primary N) is 1. The molecule has 0 bridgehead atoms. The largest absolute Gasteiger partial charge is 0.486 e. The Hall–Kier alpha value is -2.75. The van der Waals surface area contributed by atoms with Crippen LogP contribution in [-0.2, 0) is 13.2 Å². The van der Waals surface area contributed by atoms with Crippen LogP contribution >= 0.6 is 0 Å². The highest BCUT2D eigenvalue weighted by Gasteiger charge is 2.13. The molecule has 0 saturated heterocycles. The normalized spacial score (nSPS) is 10.8. The molecule has 0 aliphatic rings. The minimum Gasteiger partial charge on any atom is -0.486 e. The number of nitrogens with zero attached hydrogens (tertiary/aromatic N) is 2. The molecule has 112 valence electrons. The Morgan fingerprint density at radius 2 is 1.95 bits per heavy atom. The molecule has 0 spiro atoms. The lowest BCUT2D eigenvalue weighted by Gasteiger charge is -2.10. The molecule has 2 aromatic carbocycles. The third-order valence-corrected chi connectivity index (χ3v) is 3.43. The maximum Gasteiger partial charge on any atom is 0.148 e. The number of para-hydroxylation sites is 2. The van der Waals surface area contributed by atoms with E-state index in [2.05, 4.69) is 16.1 Å². The number of benzene rings is 2. The molecule has 1 heterocycles. The Morgan fingerprint density at radius 3 is 2.68 bits per heavy atom. The predicted molar refractivity (Wildman–Crippen MR) is 89.7 cm³/mol. The Labute approximate surface area is 129 Å². The second-order valence-electron chi connectivity index (χ2n) is 5.39. The molecule has 0 fully saturated rings. The summed E-state index contributed by atoms with van der Waals surface area (Å²) >= 11 is 0. The first-order chi connectivity index (χ1) is 10.6. The van der Waals surface area contributed by atoms with Gasteiger partial charge in [-0.25, -0.2) is 4.98 Å². The lowest BCUT2D eigenvalue weighted by molar-refractivity contribution is 0.291. The van der Waals surface area contributed by atoms with Crippen molar-refractivity contribution in [2.24, 2.45) is 0 Å². The quantitative estimate of drug-likeness (QED) is 0.575. The first-order valence-electron chi connectivity index (χ1n) is 7.21. The molecule has 0 aliphatic carbocycles. The number of nitrogen functional groups attached to an aromatic ring is 1. The third kappa shape index (κ3) is 2.81. The smallest absolute Gasteiger partial charge is 0.148 e. The summed E-state index contributed by atoms with van der Waals surface area (Å²) in [5.74, 6) is 1.67. The van der Waals surface area contributed by atoms with Gasteiger partial charge in [0, 0.05) is 6.54 Å². The summed E-state index contributed by atoms with van der Waals surface area (Å²) in [7, 11) is 0. The van der Waals surface area contributed by atoms with Gasteiger partial charge in [0.15, 0.2) is 0 Å². The molecule has 4 heteroatoms. The van der Waals surface area contributed by atoms with Crippen LogP contribution in [0.15, 0.2) is 60.7 Å². The Balaban J connectivity index is 1.96. The number of fused-ring (bicyclic) bond motifs is 1. The van der Waals surface area contributed by atoms with Crippen LogP contribution in [0.3, 0.4) is 0 Å². The molecular weight excluding hydrogens is 274 g/mol. The van der Waals surface area contributed by atoms with Crippen LogP contribution in [-0.4, -0.2) is 9.55 Å². The average Bonchev–Trinajstić information content (AvgIpc) is 2.85. The maximum atomic E-state index is 6.04. The van der Waals surface area contributed by atoms with Crippen LogP contribution < -0.4 is 10.5 Å². The second kappa shape index (κ2) is 5.93. The van der Waals surface area contributed by atoms with Gasteiger partial charge in [-0.2, -0.15) is 0 Å². The van der Waals surface area contributed by atoms with Crippen molar-refractivity contribution >= 4 is 16.7 Å². The van der Waals surface area contributed by atoms with E-state index < -0.39 is 0 Å². The van der Waals surface area contributed by atoms with Gasteiger partial charge in [-0.3, -0.25) is 0 Å². The van der Waals surface area contributed by atoms with Crippen molar-refractivity contribution in [3.8, 4) is 5.75 Å². The maximum absolute atomic E-state index is 6.04. The molecule has 2 N–H and O–H groups in total. The van der Waals surface area contributed by atoms with Gasteiger partial charge in [0.1, 0.15) is 23.7 Å². The van der Waals surface area contributed by atoms with Crippen molar-refractivity contribution in [1.29, 1.82) is 0 Å². The average molecular weight is 293 g/mol. The summed E-state index contributed by atoms with van der Waals surface area (Å²) in [4.78, 5) is 4.65. The summed E-state index contributed by atoms with van der Waals surface area (Å²) in [5.41, 5.74) is 9.60. The van der Waals surface area contributed by atoms with E-state index >= 15 is 0 Å². The molecule has 0 atom stereocenters. The number of ether oxygens (including phenoxy) is 1. The van der Waals surface area contributed by atoms with Gasteiger partial charge in [0.05, 0.1) is 11.2 Å². The van der Waals surface area contributed by atoms with E-state index in [1.807, 2.05) is 55.5 Å². The molecule has 3 aromatic rings. The van der Waals surface area contributed by atoms with E-state index in [0.29, 0.717) is 18.8 Å². The summed E-state index contributed by atoms with van der Waals surface area (Å²) < 4.78 is 7.94. The van der Waals surface area contributed by atoms with Gasteiger partial charge in [-0.1, -0.05) is 36.4 Å². The third-order valence-electron chi connectivity index (χ3n) is 3.43. The number of anilines is 1. The monoisotopic (exact) mass is 293 g/mol. The molecule has 0 unspecified atom stereocenters. The topological polar surface area (TPSA) is 53.1 Å². The van der Waals surface area contributed by atoms with Crippen LogP contribution in [0.25, 0.3) is 11.0 Å². The van der Waals surface area contributed by atoms with Crippen molar-refractivity contribution in [2.75, 3.05) is 5.73 Å². The highest BCUT2D eigenvalue weighted by Crippen LogP contribution is 2.23. The van der Waals surface area contributed by atoms with Gasteiger partial charge in [-0.05, 0) is 31.2 Å². The standard InChI is InChI=1S/C18H19N3O/c1-13(2)11-21-16-10-6-9-15(19)18(16)20-17(21)12-22-14-7-4-3-5-8-14/h3-10H,1,11-12,19H2,2H3. The fourth-order valence-electron chi connectivity index (χ4n) is 2.44. The van der Waals surface area contributed by atoms with E-state index in [-0.39, 0.29) is 0 Å². The molecule has 0 amide bonds. The number of hydrogen-bond acceptors (Lipinski definition) is 3. The van der Waals surface area contributed by atoms with E-state index in [1.54, 1.807) is 0 Å². The fraction of sp³-hybridized carbons (Fsp3) is 0.167. The van der Waals surface area contributed by atoms with E-state index in [9.17, 15) is 0 Å². The Kier molecular flexibility index (Phi) is 3.83. The van der Waals surface area contributed by atoms with Gasteiger partial charge in [0.25, 0.3) is 0 Å². The first kappa shape index (κ1) is 14.2. The molecule has 0 aliphatic heterocycles. The predicted octanol–water partition coefficient (Wildman–Crippen LogP) is 3.77. The van der Waals surface area contributed by atoms with Gasteiger partial charge in [0.2, 0.25) is 0 Å². The second-order valence-corrected chi connectivity index (χ2v) is 5.39. The molecule has 1 aromatic heterocycles. The van der Waals surface area contributed by atoms with Crippen molar-refractivity contribution in [3.05, 3.63) is 66.5 Å². The van der Waals surface area contributed by atoms with Crippen molar-refractivity contribution in [1.82, 2.24) is 9.55 Å². The van der Waals surface area contributed by atoms with Crippen LogP contribution in [0.5, 0.6) is 5.75 Å². The molecular formula is C18H19N3O. The van der Waals surface area contributed by atoms with Crippen LogP contribution in [0.4, 0.5) is 5.69 Å². The SMILES string of the molecule is C=C(C)Cn1c(COc2ccccc2)nc2c(N)cccc21. The van der Waals surface area contributed by atoms with Gasteiger partial charge < -0.3 is 15.0 Å². The Bertz CT molecular complexity index is 806. The van der Waals surface area contributed by atoms with E-state index in [4.69, 9.17) is 10.5 Å². The zero-order valence-corrected chi connectivity index (χ0v) is 12.6. The molecule has 22 heavy (non-hydrogen) atoms. The van der Waals surface area contributed by atoms with Gasteiger partial charge >= 0.3 is 0 Å². The molecule has 0 saturated carbocycles. The zero-order valence-electron chi connectivity index (χ0n) is 12.6. The van der Waals surface area contributed by atoms with Crippen molar-refractivity contribution in [2.45, 2.75) is 20.1 Å². The first-order valence-corrected chi connectivity index (χ1v) is 7.21. The van der Waals surface area contributed by atoms with E-state index in [1.165, 1.54) is 0 Å². The molecule has 4 nitrogen and oxygen atoms in total. The van der Waals surface area contributed by atoms with Gasteiger partial charge in [-0.15, -0.1) is 0 Å². The van der Waals surface area contributed by atoms with Crippen LogP contribution in [0.1, 0.15) is 12.7 Å². The minimum atomic E-state index is 0.394. The summed E-state index contributed by atoms with van der Waals surface area (Å²) in [6.45, 7) is 7.09. The lowest BCUT2D eigenvalue weighted by Crippen LogP contribution is -2.08. The highest BCUT2D eigenvalue weighted by molar-refractivity contribution is 5.87. The summed E-state index contributed by atoms with van der Waals surface area (Å²) in [6, 6.07) is 15.5. The summed E-state index contributed by atoms with van der Waals surface area (Å²) in [5, 5.41) is 0. The van der Waals surface area contributed by atoms with Crippen LogP contribution in [0.2, 0.25) is 0 Å².